The summed E-state index contributed by atoms with van der Waals surface area (Å²) in [7, 11) is 3.43. The predicted molar refractivity (Wildman–Crippen MR) is 107 cm³/mol. The van der Waals surface area contributed by atoms with Crippen LogP contribution in [0.5, 0.6) is 5.75 Å². The molecule has 3 nitrogen and oxygen atoms in total. The Bertz CT molecular complexity index is 562. The minimum Gasteiger partial charge on any atom is -0.489 e. The molecule has 1 unspecified atom stereocenters. The third-order valence-corrected chi connectivity index (χ3v) is 4.85. The molecule has 1 aromatic carbocycles. The number of allylic oxidation sites excluding steroid dienone is 1. The van der Waals surface area contributed by atoms with Crippen molar-refractivity contribution in [1.29, 1.82) is 0 Å². The van der Waals surface area contributed by atoms with Gasteiger partial charge in [0.15, 0.2) is 5.75 Å². The highest BCUT2D eigenvalue weighted by molar-refractivity contribution is 5.26. The molecule has 0 spiro atoms. The summed E-state index contributed by atoms with van der Waals surface area (Å²) < 4.78 is 10.6. The fourth-order valence-corrected chi connectivity index (χ4v) is 3.20. The molecule has 0 N–H and O–H groups in total. The maximum absolute atomic E-state index is 5.42. The van der Waals surface area contributed by atoms with Crippen LogP contribution in [-0.4, -0.2) is 31.8 Å². The average Bonchev–Trinajstić information content (AvgIpc) is 2.70. The molecule has 2 rings (SSSR count). The molecule has 3 heteroatoms. The second-order valence-corrected chi connectivity index (χ2v) is 6.86. The topological polar surface area (TPSA) is 21.7 Å². The molecule has 0 saturated heterocycles. The predicted octanol–water partition coefficient (Wildman–Crippen LogP) is 5.32. The fourth-order valence-electron chi connectivity index (χ4n) is 3.20. The maximum atomic E-state index is 5.42. The van der Waals surface area contributed by atoms with Gasteiger partial charge in [0.05, 0.1) is 19.8 Å². The van der Waals surface area contributed by atoms with E-state index >= 15 is 0 Å². The molecular weight excluding hydrogens is 322 g/mol. The molecule has 26 heavy (non-hydrogen) atoms. The van der Waals surface area contributed by atoms with Gasteiger partial charge in [-0.15, -0.1) is 0 Å². The van der Waals surface area contributed by atoms with Gasteiger partial charge in [-0.25, -0.2) is 0 Å². The van der Waals surface area contributed by atoms with Gasteiger partial charge in [-0.2, -0.15) is 0 Å². The third-order valence-electron chi connectivity index (χ3n) is 4.85. The first kappa shape index (κ1) is 20.4. The van der Waals surface area contributed by atoms with Crippen LogP contribution in [-0.2, 0) is 11.3 Å². The summed E-state index contributed by atoms with van der Waals surface area (Å²) in [5.74, 6) is 0.732. The summed E-state index contributed by atoms with van der Waals surface area (Å²) in [6.45, 7) is 4.18. The van der Waals surface area contributed by atoms with Gasteiger partial charge in [0.25, 0.3) is 0 Å². The Morgan fingerprint density at radius 3 is 2.50 bits per heavy atom. The zero-order valence-electron chi connectivity index (χ0n) is 16.6. The minimum atomic E-state index is 0.204. The Hall–Kier alpha value is -1.92. The van der Waals surface area contributed by atoms with E-state index in [1.54, 1.807) is 14.2 Å². The Kier molecular flexibility index (Phi) is 9.14. The van der Waals surface area contributed by atoms with Crippen molar-refractivity contribution in [3.8, 4) is 5.75 Å². The van der Waals surface area contributed by atoms with Crippen LogP contribution < -0.4 is 4.74 Å². The van der Waals surface area contributed by atoms with Gasteiger partial charge in [-0.05, 0) is 37.1 Å². The van der Waals surface area contributed by atoms with Crippen LogP contribution in [0.15, 0.2) is 36.1 Å². The highest BCUT2D eigenvalue weighted by atomic mass is 16.5. The molecule has 1 aliphatic carbocycles. The van der Waals surface area contributed by atoms with Crippen molar-refractivity contribution in [2.75, 3.05) is 20.8 Å². The summed E-state index contributed by atoms with van der Waals surface area (Å²) in [5, 5.41) is 0. The van der Waals surface area contributed by atoms with Gasteiger partial charge in [-0.1, -0.05) is 57.2 Å². The van der Waals surface area contributed by atoms with Crippen molar-refractivity contribution in [2.45, 2.75) is 64.5 Å². The number of hydrogen-bond acceptors (Lipinski definition) is 3. The first-order valence-electron chi connectivity index (χ1n) is 9.89. The van der Waals surface area contributed by atoms with Crippen LogP contribution >= 0.6 is 0 Å². The fraction of sp³-hybridized carbons (Fsp3) is 0.565. The molecule has 0 fully saturated rings. The zero-order chi connectivity index (χ0) is 18.6. The highest BCUT2D eigenvalue weighted by Gasteiger charge is 2.13. The van der Waals surface area contributed by atoms with Crippen molar-refractivity contribution < 1.29 is 9.47 Å². The monoisotopic (exact) mass is 355 g/mol. The molecule has 0 aliphatic heterocycles. The molecule has 0 amide bonds. The van der Waals surface area contributed by atoms with Crippen molar-refractivity contribution in [3.05, 3.63) is 53.8 Å². The number of methoxy groups -OCH3 is 2. The second-order valence-electron chi connectivity index (χ2n) is 6.86. The number of hydrogen-bond donors (Lipinski definition) is 0. The molecule has 0 radical (unpaired) electrons. The molecule has 0 bridgehead atoms. The van der Waals surface area contributed by atoms with Crippen LogP contribution in [0.4, 0.5) is 0 Å². The van der Waals surface area contributed by atoms with E-state index in [1.807, 2.05) is 6.07 Å². The van der Waals surface area contributed by atoms with Crippen molar-refractivity contribution in [3.63, 3.8) is 0 Å². The summed E-state index contributed by atoms with van der Waals surface area (Å²) in [6.07, 6.45) is 15.7. The van der Waals surface area contributed by atoms with E-state index in [2.05, 4.69) is 48.3 Å². The van der Waals surface area contributed by atoms with Crippen molar-refractivity contribution in [1.82, 2.24) is 4.90 Å². The van der Waals surface area contributed by atoms with Crippen molar-refractivity contribution >= 4 is 0 Å². The van der Waals surface area contributed by atoms with E-state index in [4.69, 9.17) is 9.47 Å². The van der Waals surface area contributed by atoms with Gasteiger partial charge in [0.2, 0.25) is 0 Å². The molecule has 0 aromatic heterocycles. The first-order chi connectivity index (χ1) is 12.8. The molecule has 1 aliphatic rings. The van der Waals surface area contributed by atoms with Crippen LogP contribution in [0.25, 0.3) is 0 Å². The Morgan fingerprint density at radius 1 is 1.08 bits per heavy atom. The second kappa shape index (κ2) is 11.6. The van der Waals surface area contributed by atoms with Gasteiger partial charge in [0, 0.05) is 24.9 Å². The maximum Gasteiger partial charge on any atom is 0.169 e. The largest absolute Gasteiger partial charge is 0.489 e. The standard InChI is InChI=1S/C23H33NO2/c1-4-5-6-7-8-9-18-24(21-12-16-23(26-3)17-13-21)19-20-10-14-22(25-2)15-11-20/h10,12-14,16,23H,4-9,17-19H2,1-3H3. The summed E-state index contributed by atoms with van der Waals surface area (Å²) in [6, 6.07) is 10.3. The van der Waals surface area contributed by atoms with Gasteiger partial charge >= 0.3 is 0 Å². The zero-order valence-corrected chi connectivity index (χ0v) is 16.6. The summed E-state index contributed by atoms with van der Waals surface area (Å²) in [4.78, 5) is 2.45. The van der Waals surface area contributed by atoms with Crippen LogP contribution in [0.1, 0.15) is 57.4 Å². The number of nitrogens with zero attached hydrogens (tertiary/aromatic N) is 1. The summed E-state index contributed by atoms with van der Waals surface area (Å²) in [5.41, 5.74) is 2.43. The van der Waals surface area contributed by atoms with E-state index < -0.39 is 0 Å². The van der Waals surface area contributed by atoms with Crippen LogP contribution in [0, 0.1) is 12.1 Å². The Morgan fingerprint density at radius 2 is 1.88 bits per heavy atom. The van der Waals surface area contributed by atoms with Gasteiger partial charge in [0.1, 0.15) is 0 Å². The molecule has 1 atom stereocenters. The molecule has 0 saturated carbocycles. The van der Waals surface area contributed by atoms with Crippen LogP contribution in [0.2, 0.25) is 0 Å². The lowest BCUT2D eigenvalue weighted by molar-refractivity contribution is 0.141. The van der Waals surface area contributed by atoms with E-state index in [0.29, 0.717) is 0 Å². The number of ether oxygens (including phenoxy) is 2. The number of unbranched alkanes of at least 4 members (excludes halogenated alkanes) is 5. The molecule has 1 aromatic rings. The smallest absolute Gasteiger partial charge is 0.169 e. The lowest BCUT2D eigenvalue weighted by Crippen LogP contribution is -2.25. The minimum absolute atomic E-state index is 0.204. The molecule has 142 valence electrons. The van der Waals surface area contributed by atoms with E-state index in [9.17, 15) is 0 Å². The molecule has 0 heterocycles. The lowest BCUT2D eigenvalue weighted by atomic mass is 10.1. The first-order valence-corrected chi connectivity index (χ1v) is 9.89. The normalized spacial score (nSPS) is 16.1. The lowest BCUT2D eigenvalue weighted by Gasteiger charge is -2.28. The van der Waals surface area contributed by atoms with Gasteiger partial charge < -0.3 is 14.4 Å². The Balaban J connectivity index is 1.94. The van der Waals surface area contributed by atoms with Crippen LogP contribution in [0.3, 0.4) is 0 Å². The van der Waals surface area contributed by atoms with E-state index in [0.717, 1.165) is 30.8 Å². The van der Waals surface area contributed by atoms with Gasteiger partial charge in [-0.3, -0.25) is 0 Å². The third kappa shape index (κ3) is 6.77. The van der Waals surface area contributed by atoms with Crippen molar-refractivity contribution in [2.24, 2.45) is 0 Å². The van der Waals surface area contributed by atoms with E-state index in [1.165, 1.54) is 44.2 Å². The average molecular weight is 356 g/mol. The highest BCUT2D eigenvalue weighted by Crippen LogP contribution is 2.20. The van der Waals surface area contributed by atoms with E-state index in [-0.39, 0.29) is 6.10 Å². The quantitative estimate of drug-likeness (QED) is 0.474. The summed E-state index contributed by atoms with van der Waals surface area (Å²) >= 11 is 0. The number of rotatable bonds is 12. The molecular formula is C23H33NO2. The Labute approximate surface area is 159 Å². The SMILES string of the molecule is CCCCCCCCN(Cc1c#cc(OC)cc1)C1=CCC(OC)C=C1.